The van der Waals surface area contributed by atoms with Crippen molar-refractivity contribution >= 4 is 11.7 Å². The molecule has 2 aromatic heterocycles. The quantitative estimate of drug-likeness (QED) is 0.418. The molecule has 4 aromatic rings. The van der Waals surface area contributed by atoms with Gasteiger partial charge in [-0.05, 0) is 66.2 Å². The summed E-state index contributed by atoms with van der Waals surface area (Å²) in [7, 11) is 0. The molecule has 0 saturated heterocycles. The van der Waals surface area contributed by atoms with Gasteiger partial charge in [-0.3, -0.25) is 15.2 Å². The summed E-state index contributed by atoms with van der Waals surface area (Å²) in [6, 6.07) is 13.6. The van der Waals surface area contributed by atoms with Gasteiger partial charge in [-0.25, -0.2) is 14.1 Å². The number of pyridine rings is 1. The number of hydrogen-bond acceptors (Lipinski definition) is 4. The Balaban J connectivity index is 1.51. The average Bonchev–Trinajstić information content (AvgIpc) is 3.23. The minimum atomic E-state index is -4.48. The highest BCUT2D eigenvalue weighted by Gasteiger charge is 2.31. The van der Waals surface area contributed by atoms with Crippen molar-refractivity contribution in [1.82, 2.24) is 19.8 Å². The van der Waals surface area contributed by atoms with Crippen LogP contribution in [0.1, 0.15) is 15.9 Å². The van der Waals surface area contributed by atoms with Crippen molar-refractivity contribution in [2.24, 2.45) is 0 Å². The van der Waals surface area contributed by atoms with Gasteiger partial charge in [-0.2, -0.15) is 18.3 Å². The monoisotopic (exact) mass is 467 g/mol. The van der Waals surface area contributed by atoms with Crippen LogP contribution in [0.3, 0.4) is 0 Å². The molecule has 0 spiro atoms. The van der Waals surface area contributed by atoms with Crippen LogP contribution >= 0.6 is 0 Å². The summed E-state index contributed by atoms with van der Waals surface area (Å²) in [5.74, 6) is -0.299. The molecule has 0 aliphatic carbocycles. The van der Waals surface area contributed by atoms with Gasteiger partial charge < -0.3 is 0 Å². The summed E-state index contributed by atoms with van der Waals surface area (Å²) in [5.41, 5.74) is 5.14. The standard InChI is InChI=1S/C24H17F4N5O/c25-19-7-3-16(4-8-19)21-20(15-9-11-29-12-10-15)22-31-33(14-13-32(22)30-21)23(34)17-1-5-18(6-2-17)24(26,27)28/h1-12,31H,13-14H2. The smallest absolute Gasteiger partial charge is 0.279 e. The van der Waals surface area contributed by atoms with E-state index in [0.717, 1.165) is 29.8 Å². The second-order valence-corrected chi connectivity index (χ2v) is 7.68. The molecule has 1 N–H and O–H groups in total. The summed E-state index contributed by atoms with van der Waals surface area (Å²) in [5, 5.41) is 6.03. The summed E-state index contributed by atoms with van der Waals surface area (Å²) >= 11 is 0. The molecule has 10 heteroatoms. The summed E-state index contributed by atoms with van der Waals surface area (Å²) in [6.07, 6.45) is -1.22. The second-order valence-electron chi connectivity index (χ2n) is 7.68. The average molecular weight is 467 g/mol. The highest BCUT2D eigenvalue weighted by Crippen LogP contribution is 2.39. The molecule has 1 aliphatic rings. The normalized spacial score (nSPS) is 13.4. The number of alkyl halides is 3. The molecule has 0 saturated carbocycles. The number of amides is 1. The zero-order chi connectivity index (χ0) is 23.9. The topological polar surface area (TPSA) is 63.1 Å². The first-order chi connectivity index (χ1) is 16.3. The maximum absolute atomic E-state index is 13.5. The molecule has 6 nitrogen and oxygen atoms in total. The van der Waals surface area contributed by atoms with Crippen LogP contribution in [-0.4, -0.2) is 32.2 Å². The number of halogens is 4. The van der Waals surface area contributed by atoms with Crippen molar-refractivity contribution in [2.75, 3.05) is 12.0 Å². The van der Waals surface area contributed by atoms with Crippen LogP contribution in [0.5, 0.6) is 0 Å². The fraction of sp³-hybridized carbons (Fsp3) is 0.125. The van der Waals surface area contributed by atoms with E-state index >= 15 is 0 Å². The molecule has 34 heavy (non-hydrogen) atoms. The van der Waals surface area contributed by atoms with Gasteiger partial charge in [-0.15, -0.1) is 0 Å². The molecule has 3 heterocycles. The predicted octanol–water partition coefficient (Wildman–Crippen LogP) is 5.25. The number of rotatable bonds is 3. The lowest BCUT2D eigenvalue weighted by molar-refractivity contribution is -0.137. The zero-order valence-electron chi connectivity index (χ0n) is 17.6. The number of hydrazine groups is 1. The van der Waals surface area contributed by atoms with Crippen molar-refractivity contribution in [1.29, 1.82) is 0 Å². The predicted molar refractivity (Wildman–Crippen MR) is 117 cm³/mol. The Morgan fingerprint density at radius 1 is 0.882 bits per heavy atom. The van der Waals surface area contributed by atoms with Crippen LogP contribution in [0.2, 0.25) is 0 Å². The number of aromatic nitrogens is 3. The van der Waals surface area contributed by atoms with Crippen molar-refractivity contribution in [2.45, 2.75) is 12.7 Å². The van der Waals surface area contributed by atoms with E-state index in [-0.39, 0.29) is 17.9 Å². The molecule has 1 aliphatic heterocycles. The molecule has 0 fully saturated rings. The number of hydrogen-bond donors (Lipinski definition) is 1. The SMILES string of the molecule is O=C(c1ccc(C(F)(F)F)cc1)N1CCn2nc(-c3ccc(F)cc3)c(-c3ccncc3)c2N1. The first-order valence-corrected chi connectivity index (χ1v) is 10.3. The van der Waals surface area contributed by atoms with Crippen molar-refractivity contribution in [3.05, 3.63) is 90.0 Å². The Bertz CT molecular complexity index is 1330. The van der Waals surface area contributed by atoms with Gasteiger partial charge in [-0.1, -0.05) is 0 Å². The lowest BCUT2D eigenvalue weighted by atomic mass is 10.0. The molecule has 0 radical (unpaired) electrons. The molecule has 172 valence electrons. The number of nitrogens with one attached hydrogen (secondary N) is 1. The van der Waals surface area contributed by atoms with Gasteiger partial charge in [0.15, 0.2) is 5.82 Å². The van der Waals surface area contributed by atoms with E-state index in [1.54, 1.807) is 41.3 Å². The Labute approximate surface area is 191 Å². The minimum Gasteiger partial charge on any atom is -0.279 e. The Hall–Kier alpha value is -4.21. The minimum absolute atomic E-state index is 0.123. The first-order valence-electron chi connectivity index (χ1n) is 10.3. The summed E-state index contributed by atoms with van der Waals surface area (Å²) in [6.45, 7) is 0.598. The van der Waals surface area contributed by atoms with Crippen LogP contribution < -0.4 is 5.43 Å². The van der Waals surface area contributed by atoms with Crippen molar-refractivity contribution in [3.63, 3.8) is 0 Å². The maximum atomic E-state index is 13.5. The van der Waals surface area contributed by atoms with Gasteiger partial charge in [0.2, 0.25) is 0 Å². The number of nitrogens with zero attached hydrogens (tertiary/aromatic N) is 4. The fourth-order valence-corrected chi connectivity index (χ4v) is 3.83. The Morgan fingerprint density at radius 3 is 2.21 bits per heavy atom. The van der Waals surface area contributed by atoms with Crippen LogP contribution in [0, 0.1) is 5.82 Å². The van der Waals surface area contributed by atoms with E-state index in [4.69, 9.17) is 0 Å². The van der Waals surface area contributed by atoms with Gasteiger partial charge in [0.1, 0.15) is 11.5 Å². The third-order valence-corrected chi connectivity index (χ3v) is 5.52. The van der Waals surface area contributed by atoms with Crippen LogP contribution in [0.25, 0.3) is 22.4 Å². The third-order valence-electron chi connectivity index (χ3n) is 5.52. The first kappa shape index (κ1) is 21.6. The van der Waals surface area contributed by atoms with E-state index in [1.165, 1.54) is 17.1 Å². The molecule has 1 amide bonds. The lowest BCUT2D eigenvalue weighted by Crippen LogP contribution is -2.43. The number of benzene rings is 2. The highest BCUT2D eigenvalue weighted by molar-refractivity contribution is 5.96. The number of fused-ring (bicyclic) bond motifs is 1. The van der Waals surface area contributed by atoms with E-state index in [2.05, 4.69) is 15.5 Å². The molecule has 0 atom stereocenters. The molecule has 5 rings (SSSR count). The molecular formula is C24H17F4N5O. The molecule has 0 unspecified atom stereocenters. The van der Waals surface area contributed by atoms with Crippen molar-refractivity contribution < 1.29 is 22.4 Å². The van der Waals surface area contributed by atoms with E-state index in [9.17, 15) is 22.4 Å². The molecule has 0 bridgehead atoms. The summed E-state index contributed by atoms with van der Waals surface area (Å²) in [4.78, 5) is 17.1. The van der Waals surface area contributed by atoms with Crippen LogP contribution in [0.4, 0.5) is 23.4 Å². The Morgan fingerprint density at radius 2 is 1.56 bits per heavy atom. The van der Waals surface area contributed by atoms with Crippen LogP contribution in [0.15, 0.2) is 73.1 Å². The van der Waals surface area contributed by atoms with E-state index in [1.807, 2.05) is 0 Å². The number of anilines is 1. The second kappa shape index (κ2) is 8.29. The van der Waals surface area contributed by atoms with Gasteiger partial charge in [0.25, 0.3) is 5.91 Å². The lowest BCUT2D eigenvalue weighted by Gasteiger charge is -2.30. The largest absolute Gasteiger partial charge is 0.416 e. The van der Waals surface area contributed by atoms with E-state index in [0.29, 0.717) is 29.2 Å². The highest BCUT2D eigenvalue weighted by atomic mass is 19.4. The molecular weight excluding hydrogens is 450 g/mol. The summed E-state index contributed by atoms with van der Waals surface area (Å²) < 4.78 is 53.8. The van der Waals surface area contributed by atoms with Crippen LogP contribution in [-0.2, 0) is 12.7 Å². The fourth-order valence-electron chi connectivity index (χ4n) is 3.83. The molecule has 2 aromatic carbocycles. The number of carbonyl (C=O) groups excluding carboxylic acids is 1. The van der Waals surface area contributed by atoms with Gasteiger partial charge >= 0.3 is 6.18 Å². The van der Waals surface area contributed by atoms with Crippen molar-refractivity contribution in [3.8, 4) is 22.4 Å². The third kappa shape index (κ3) is 3.98. The number of carbonyl (C=O) groups is 1. The van der Waals surface area contributed by atoms with Gasteiger partial charge in [0.05, 0.1) is 24.2 Å². The van der Waals surface area contributed by atoms with E-state index < -0.39 is 17.6 Å². The zero-order valence-corrected chi connectivity index (χ0v) is 17.6. The van der Waals surface area contributed by atoms with Gasteiger partial charge in [0, 0.05) is 23.5 Å². The maximum Gasteiger partial charge on any atom is 0.416 e. The Kier molecular flexibility index (Phi) is 5.27.